The molecule has 0 saturated carbocycles. The Morgan fingerprint density at radius 2 is 1.95 bits per heavy atom. The molecule has 0 aliphatic heterocycles. The van der Waals surface area contributed by atoms with E-state index in [2.05, 4.69) is 10.3 Å². The monoisotopic (exact) mass is 291 g/mol. The standard InChI is InChI=1S/C14H11Cl2N3/c15-10-5-6-11(16)13(7-10)18-9-19-8-17-12-3-1-2-4-14(12)19/h1-8,18H,9H2. The van der Waals surface area contributed by atoms with Crippen molar-refractivity contribution >= 4 is 39.9 Å². The summed E-state index contributed by atoms with van der Waals surface area (Å²) >= 11 is 12.1. The molecule has 0 bridgehead atoms. The highest BCUT2D eigenvalue weighted by Gasteiger charge is 2.03. The molecule has 0 unspecified atom stereocenters. The number of imidazole rings is 1. The summed E-state index contributed by atoms with van der Waals surface area (Å²) in [6.07, 6.45) is 1.80. The van der Waals surface area contributed by atoms with Gasteiger partial charge in [-0.3, -0.25) is 0 Å². The van der Waals surface area contributed by atoms with E-state index < -0.39 is 0 Å². The molecule has 2 aromatic carbocycles. The second kappa shape index (κ2) is 5.11. The van der Waals surface area contributed by atoms with E-state index in [1.165, 1.54) is 0 Å². The number of hydrogen-bond acceptors (Lipinski definition) is 2. The van der Waals surface area contributed by atoms with Crippen molar-refractivity contribution in [3.63, 3.8) is 0 Å². The first-order valence-corrected chi connectivity index (χ1v) is 6.58. The van der Waals surface area contributed by atoms with E-state index in [0.29, 0.717) is 16.7 Å². The fourth-order valence-electron chi connectivity index (χ4n) is 1.94. The van der Waals surface area contributed by atoms with Crippen LogP contribution in [0.4, 0.5) is 5.69 Å². The zero-order valence-corrected chi connectivity index (χ0v) is 11.5. The van der Waals surface area contributed by atoms with Gasteiger partial charge in [0.1, 0.15) is 0 Å². The van der Waals surface area contributed by atoms with Gasteiger partial charge in [-0.1, -0.05) is 35.3 Å². The van der Waals surface area contributed by atoms with Gasteiger partial charge in [-0.2, -0.15) is 0 Å². The van der Waals surface area contributed by atoms with Gasteiger partial charge in [0, 0.05) is 5.02 Å². The number of nitrogens with zero attached hydrogens (tertiary/aromatic N) is 2. The summed E-state index contributed by atoms with van der Waals surface area (Å²) in [5, 5.41) is 4.56. The molecule has 3 rings (SSSR count). The number of aromatic nitrogens is 2. The van der Waals surface area contributed by atoms with Crippen LogP contribution in [0.3, 0.4) is 0 Å². The summed E-state index contributed by atoms with van der Waals surface area (Å²) in [5.74, 6) is 0. The van der Waals surface area contributed by atoms with Gasteiger partial charge in [-0.05, 0) is 30.3 Å². The molecule has 3 aromatic rings. The number of fused-ring (bicyclic) bond motifs is 1. The second-order valence-corrected chi connectivity index (χ2v) is 5.01. The minimum Gasteiger partial charge on any atom is -0.366 e. The Kier molecular flexibility index (Phi) is 3.32. The van der Waals surface area contributed by atoms with Crippen LogP contribution in [0.15, 0.2) is 48.8 Å². The van der Waals surface area contributed by atoms with Crippen LogP contribution in [0.1, 0.15) is 0 Å². The maximum absolute atomic E-state index is 6.11. The predicted octanol–water partition coefficient (Wildman–Crippen LogP) is 4.41. The smallest absolute Gasteiger partial charge is 0.0973 e. The average molecular weight is 292 g/mol. The topological polar surface area (TPSA) is 29.9 Å². The van der Waals surface area contributed by atoms with Crippen LogP contribution in [0.5, 0.6) is 0 Å². The zero-order chi connectivity index (χ0) is 13.2. The lowest BCUT2D eigenvalue weighted by Gasteiger charge is -2.10. The van der Waals surface area contributed by atoms with Crippen molar-refractivity contribution in [2.24, 2.45) is 0 Å². The summed E-state index contributed by atoms with van der Waals surface area (Å²) in [5.41, 5.74) is 2.86. The molecule has 1 heterocycles. The van der Waals surface area contributed by atoms with Crippen LogP contribution < -0.4 is 5.32 Å². The lowest BCUT2D eigenvalue weighted by molar-refractivity contribution is 0.800. The van der Waals surface area contributed by atoms with E-state index in [-0.39, 0.29) is 0 Å². The van der Waals surface area contributed by atoms with Gasteiger partial charge in [-0.25, -0.2) is 4.98 Å². The summed E-state index contributed by atoms with van der Waals surface area (Å²) in [7, 11) is 0. The summed E-state index contributed by atoms with van der Waals surface area (Å²) in [4.78, 5) is 4.33. The van der Waals surface area contributed by atoms with Gasteiger partial charge < -0.3 is 9.88 Å². The van der Waals surface area contributed by atoms with Crippen molar-refractivity contribution in [2.75, 3.05) is 5.32 Å². The van der Waals surface area contributed by atoms with Crippen molar-refractivity contribution < 1.29 is 0 Å². The molecule has 0 amide bonds. The average Bonchev–Trinajstić information content (AvgIpc) is 2.83. The van der Waals surface area contributed by atoms with Gasteiger partial charge in [0.2, 0.25) is 0 Å². The normalized spacial score (nSPS) is 10.8. The van der Waals surface area contributed by atoms with Gasteiger partial charge in [0.25, 0.3) is 0 Å². The number of halogens is 2. The lowest BCUT2D eigenvalue weighted by atomic mass is 10.3. The quantitative estimate of drug-likeness (QED) is 0.774. The van der Waals surface area contributed by atoms with Crippen LogP contribution in [0.2, 0.25) is 10.0 Å². The molecule has 0 aliphatic carbocycles. The van der Waals surface area contributed by atoms with Gasteiger partial charge in [0.15, 0.2) is 0 Å². The largest absolute Gasteiger partial charge is 0.366 e. The molecule has 0 atom stereocenters. The molecule has 3 nitrogen and oxygen atoms in total. The second-order valence-electron chi connectivity index (χ2n) is 4.16. The highest BCUT2D eigenvalue weighted by atomic mass is 35.5. The summed E-state index contributed by atoms with van der Waals surface area (Å²) in [6, 6.07) is 13.3. The van der Waals surface area contributed by atoms with Crippen LogP contribution in [0.25, 0.3) is 11.0 Å². The molecule has 0 fully saturated rings. The molecule has 19 heavy (non-hydrogen) atoms. The van der Waals surface area contributed by atoms with Gasteiger partial charge in [-0.15, -0.1) is 0 Å². The van der Waals surface area contributed by atoms with Crippen LogP contribution >= 0.6 is 23.2 Å². The minimum atomic E-state index is 0.584. The van der Waals surface area contributed by atoms with Crippen molar-refractivity contribution in [3.05, 3.63) is 58.8 Å². The van der Waals surface area contributed by atoms with Crippen molar-refractivity contribution in [3.8, 4) is 0 Å². The predicted molar refractivity (Wildman–Crippen MR) is 79.8 cm³/mol. The number of para-hydroxylation sites is 2. The van der Waals surface area contributed by atoms with E-state index in [1.54, 1.807) is 18.5 Å². The molecule has 1 aromatic heterocycles. The third-order valence-corrected chi connectivity index (χ3v) is 3.46. The maximum atomic E-state index is 6.11. The number of anilines is 1. The van der Waals surface area contributed by atoms with E-state index >= 15 is 0 Å². The Labute approximate surface area is 120 Å². The molecule has 0 saturated heterocycles. The first-order chi connectivity index (χ1) is 9.24. The van der Waals surface area contributed by atoms with E-state index in [1.807, 2.05) is 34.9 Å². The molecule has 0 aliphatic rings. The highest BCUT2D eigenvalue weighted by Crippen LogP contribution is 2.25. The third-order valence-electron chi connectivity index (χ3n) is 2.90. The number of nitrogens with one attached hydrogen (secondary N) is 1. The summed E-state index contributed by atoms with van der Waals surface area (Å²) in [6.45, 7) is 0.584. The summed E-state index contributed by atoms with van der Waals surface area (Å²) < 4.78 is 2.02. The molecule has 0 radical (unpaired) electrons. The lowest BCUT2D eigenvalue weighted by Crippen LogP contribution is -2.07. The Morgan fingerprint density at radius 3 is 2.84 bits per heavy atom. The Bertz CT molecular complexity index is 722. The molecule has 0 spiro atoms. The molecular formula is C14H11Cl2N3. The number of hydrogen-bond donors (Lipinski definition) is 1. The van der Waals surface area contributed by atoms with Crippen LogP contribution in [-0.2, 0) is 6.67 Å². The van der Waals surface area contributed by atoms with Crippen LogP contribution in [-0.4, -0.2) is 9.55 Å². The van der Waals surface area contributed by atoms with Gasteiger partial charge >= 0.3 is 0 Å². The number of benzene rings is 2. The fourth-order valence-corrected chi connectivity index (χ4v) is 2.30. The zero-order valence-electron chi connectivity index (χ0n) is 9.98. The molecule has 96 valence electrons. The van der Waals surface area contributed by atoms with E-state index in [9.17, 15) is 0 Å². The Balaban J connectivity index is 1.84. The molecular weight excluding hydrogens is 281 g/mol. The minimum absolute atomic E-state index is 0.584. The van der Waals surface area contributed by atoms with E-state index in [4.69, 9.17) is 23.2 Å². The third kappa shape index (κ3) is 2.53. The molecule has 5 heteroatoms. The first kappa shape index (κ1) is 12.3. The number of rotatable bonds is 3. The fraction of sp³-hybridized carbons (Fsp3) is 0.0714. The first-order valence-electron chi connectivity index (χ1n) is 5.83. The Morgan fingerprint density at radius 1 is 1.11 bits per heavy atom. The maximum Gasteiger partial charge on any atom is 0.0973 e. The van der Waals surface area contributed by atoms with Gasteiger partial charge in [0.05, 0.1) is 34.7 Å². The highest BCUT2D eigenvalue weighted by molar-refractivity contribution is 6.35. The molecule has 1 N–H and O–H groups in total. The van der Waals surface area contributed by atoms with Crippen LogP contribution in [0, 0.1) is 0 Å². The van der Waals surface area contributed by atoms with Crippen molar-refractivity contribution in [2.45, 2.75) is 6.67 Å². The van der Waals surface area contributed by atoms with Crippen molar-refractivity contribution in [1.29, 1.82) is 0 Å². The van der Waals surface area contributed by atoms with E-state index in [0.717, 1.165) is 16.7 Å². The van der Waals surface area contributed by atoms with Crippen molar-refractivity contribution in [1.82, 2.24) is 9.55 Å². The SMILES string of the molecule is Clc1ccc(Cl)c(NCn2cnc3ccccc32)c1. The Hall–Kier alpha value is -1.71.